The maximum absolute atomic E-state index is 13.1. The highest BCUT2D eigenvalue weighted by Crippen LogP contribution is 2.32. The van der Waals surface area contributed by atoms with Crippen LogP contribution in [0.25, 0.3) is 0 Å². The lowest BCUT2D eigenvalue weighted by atomic mass is 10.1. The van der Waals surface area contributed by atoms with E-state index in [2.05, 4.69) is 5.92 Å². The molecule has 0 saturated carbocycles. The Balaban J connectivity index is 1.79. The van der Waals surface area contributed by atoms with Crippen molar-refractivity contribution in [3.8, 4) is 12.3 Å². The number of rotatable bonds is 6. The van der Waals surface area contributed by atoms with E-state index in [0.717, 1.165) is 11.1 Å². The number of aryl methyl sites for hydroxylation is 2. The number of alkyl halides is 3. The van der Waals surface area contributed by atoms with Gasteiger partial charge in [-0.05, 0) is 43.3 Å². The molecule has 1 fully saturated rings. The van der Waals surface area contributed by atoms with Gasteiger partial charge in [0.2, 0.25) is 0 Å². The number of nitrogens with zero attached hydrogens (tertiary/aromatic N) is 1. The van der Waals surface area contributed by atoms with Crippen LogP contribution in [0.15, 0.2) is 34.0 Å². The number of ether oxygens (including phenoxy) is 3. The van der Waals surface area contributed by atoms with E-state index in [-0.39, 0.29) is 24.7 Å². The van der Waals surface area contributed by atoms with Crippen molar-refractivity contribution in [2.45, 2.75) is 44.9 Å². The minimum atomic E-state index is -4.94. The zero-order chi connectivity index (χ0) is 24.3. The highest BCUT2D eigenvalue weighted by molar-refractivity contribution is 7.80. The monoisotopic (exact) mass is 482 g/mol. The maximum Gasteiger partial charge on any atom is 0.423 e. The number of hydrogen-bond donors (Lipinski definition) is 1. The molecule has 3 atom stereocenters. The zero-order valence-electron chi connectivity index (χ0n) is 17.8. The molecule has 1 N–H and O–H groups in total. The molecular weight excluding hydrogens is 461 g/mol. The molecule has 176 valence electrons. The summed E-state index contributed by atoms with van der Waals surface area (Å²) in [5.41, 5.74) is -1.26. The molecule has 0 amide bonds. The Kier molecular flexibility index (Phi) is 7.41. The van der Waals surface area contributed by atoms with Crippen LogP contribution < -0.4 is 11.2 Å². The van der Waals surface area contributed by atoms with Crippen LogP contribution >= 0.6 is 12.2 Å². The summed E-state index contributed by atoms with van der Waals surface area (Å²) in [7, 11) is 0. The maximum atomic E-state index is 13.1. The second kappa shape index (κ2) is 9.91. The van der Waals surface area contributed by atoms with E-state index in [1.54, 1.807) is 4.98 Å². The molecule has 0 aliphatic carbocycles. The summed E-state index contributed by atoms with van der Waals surface area (Å²) in [4.78, 5) is 25.4. The summed E-state index contributed by atoms with van der Waals surface area (Å²) < 4.78 is 57.1. The fraction of sp³-hybridized carbons (Fsp3) is 0.409. The van der Waals surface area contributed by atoms with Gasteiger partial charge >= 0.3 is 11.9 Å². The van der Waals surface area contributed by atoms with Gasteiger partial charge in [-0.15, -0.1) is 6.42 Å². The SMILES string of the molecule is C#CCO[C@H]1C[C@H](n2cc(C(F)(F)F)c(=O)[nH]c2=O)O[C@@H]1COC(=S)c1ccc(C)c(C)c1. The van der Waals surface area contributed by atoms with Crippen LogP contribution in [0, 0.1) is 26.2 Å². The van der Waals surface area contributed by atoms with Crippen molar-refractivity contribution in [3.05, 3.63) is 67.5 Å². The van der Waals surface area contributed by atoms with Gasteiger partial charge in [0.05, 0.1) is 6.10 Å². The number of benzene rings is 1. The number of aromatic amines is 1. The third-order valence-corrected chi connectivity index (χ3v) is 5.62. The predicted molar refractivity (Wildman–Crippen MR) is 117 cm³/mol. The number of H-pyrrole nitrogens is 1. The molecule has 1 aromatic carbocycles. The fourth-order valence-corrected chi connectivity index (χ4v) is 3.56. The molecule has 0 radical (unpaired) electrons. The molecule has 7 nitrogen and oxygen atoms in total. The summed E-state index contributed by atoms with van der Waals surface area (Å²) in [6, 6.07) is 5.59. The lowest BCUT2D eigenvalue weighted by molar-refractivity contribution is -0.139. The number of terminal acetylenes is 1. The van der Waals surface area contributed by atoms with Crippen molar-refractivity contribution in [2.24, 2.45) is 0 Å². The normalized spacial score (nSPS) is 20.4. The van der Waals surface area contributed by atoms with E-state index < -0.39 is 41.4 Å². The van der Waals surface area contributed by atoms with E-state index in [4.69, 9.17) is 32.9 Å². The molecule has 1 aromatic heterocycles. The van der Waals surface area contributed by atoms with Gasteiger partial charge in [0.25, 0.3) is 5.56 Å². The zero-order valence-corrected chi connectivity index (χ0v) is 18.6. The number of halogens is 3. The van der Waals surface area contributed by atoms with Gasteiger partial charge in [-0.1, -0.05) is 18.1 Å². The van der Waals surface area contributed by atoms with Crippen LogP contribution in [-0.4, -0.2) is 40.0 Å². The Morgan fingerprint density at radius 2 is 2.06 bits per heavy atom. The van der Waals surface area contributed by atoms with Crippen molar-refractivity contribution < 1.29 is 27.4 Å². The molecule has 3 rings (SSSR count). The standard InChI is InChI=1S/C22H21F3N2O5S/c1-4-7-30-16-9-18(27-10-15(22(23,24)25)19(28)26-21(27)29)32-17(16)11-31-20(33)14-6-5-12(2)13(3)8-14/h1,5-6,8,10,16-18H,7,9,11H2,2-3H3,(H,26,28,29)/t16-,17+,18+/m0/s1. The fourth-order valence-electron chi connectivity index (χ4n) is 3.36. The van der Waals surface area contributed by atoms with Crippen molar-refractivity contribution in [1.29, 1.82) is 0 Å². The Bertz CT molecular complexity index is 1200. The van der Waals surface area contributed by atoms with Gasteiger partial charge in [0.15, 0.2) is 5.05 Å². The summed E-state index contributed by atoms with van der Waals surface area (Å²) >= 11 is 5.33. The van der Waals surface area contributed by atoms with Gasteiger partial charge in [-0.25, -0.2) is 4.79 Å². The molecule has 1 saturated heterocycles. The van der Waals surface area contributed by atoms with Crippen LogP contribution in [0.2, 0.25) is 0 Å². The first-order valence-corrected chi connectivity index (χ1v) is 10.3. The molecule has 0 unspecified atom stereocenters. The number of aromatic nitrogens is 2. The molecule has 0 bridgehead atoms. The Morgan fingerprint density at radius 3 is 2.70 bits per heavy atom. The lowest BCUT2D eigenvalue weighted by Crippen LogP contribution is -2.36. The summed E-state index contributed by atoms with van der Waals surface area (Å²) in [6.45, 7) is 3.74. The van der Waals surface area contributed by atoms with Gasteiger partial charge in [-0.2, -0.15) is 13.2 Å². The second-order valence-electron chi connectivity index (χ2n) is 7.52. The van der Waals surface area contributed by atoms with Gasteiger partial charge in [0, 0.05) is 18.2 Å². The van der Waals surface area contributed by atoms with Crippen molar-refractivity contribution in [3.63, 3.8) is 0 Å². The van der Waals surface area contributed by atoms with E-state index in [0.29, 0.717) is 16.3 Å². The first kappa shape index (κ1) is 24.7. The Morgan fingerprint density at radius 1 is 1.33 bits per heavy atom. The first-order valence-electron chi connectivity index (χ1n) is 9.88. The van der Waals surface area contributed by atoms with E-state index in [9.17, 15) is 22.8 Å². The van der Waals surface area contributed by atoms with Gasteiger partial charge in [-0.3, -0.25) is 14.3 Å². The Labute approximate surface area is 192 Å². The third-order valence-electron chi connectivity index (χ3n) is 5.27. The van der Waals surface area contributed by atoms with E-state index >= 15 is 0 Å². The summed E-state index contributed by atoms with van der Waals surface area (Å²) in [5.74, 6) is 2.31. The van der Waals surface area contributed by atoms with Crippen molar-refractivity contribution in [1.82, 2.24) is 9.55 Å². The topological polar surface area (TPSA) is 82.6 Å². The number of hydrogen-bond acceptors (Lipinski definition) is 6. The molecule has 1 aliphatic heterocycles. The van der Waals surface area contributed by atoms with E-state index in [1.165, 1.54) is 0 Å². The van der Waals surface area contributed by atoms with Crippen LogP contribution in [0.4, 0.5) is 13.2 Å². The smallest absolute Gasteiger partial charge is 0.423 e. The quantitative estimate of drug-likeness (QED) is 0.504. The number of thiocarbonyl (C=S) groups is 1. The molecule has 2 aromatic rings. The van der Waals surface area contributed by atoms with E-state index in [1.807, 2.05) is 32.0 Å². The van der Waals surface area contributed by atoms with Crippen LogP contribution in [0.3, 0.4) is 0 Å². The average molecular weight is 482 g/mol. The molecule has 11 heteroatoms. The van der Waals surface area contributed by atoms with Gasteiger partial charge < -0.3 is 14.2 Å². The molecular formula is C22H21F3N2O5S. The minimum absolute atomic E-state index is 0.00928. The molecule has 2 heterocycles. The number of nitrogens with one attached hydrogen (secondary N) is 1. The average Bonchev–Trinajstić information content (AvgIpc) is 3.14. The molecule has 1 aliphatic rings. The largest absolute Gasteiger partial charge is 0.480 e. The van der Waals surface area contributed by atoms with Crippen LogP contribution in [0.5, 0.6) is 0 Å². The minimum Gasteiger partial charge on any atom is -0.480 e. The van der Waals surface area contributed by atoms with Crippen molar-refractivity contribution >= 4 is 17.3 Å². The first-order chi connectivity index (χ1) is 15.5. The van der Waals surface area contributed by atoms with Crippen LogP contribution in [-0.2, 0) is 20.4 Å². The summed E-state index contributed by atoms with van der Waals surface area (Å²) in [6.07, 6.45) is -1.85. The second-order valence-corrected chi connectivity index (χ2v) is 7.89. The molecule has 0 spiro atoms. The highest BCUT2D eigenvalue weighted by atomic mass is 32.1. The summed E-state index contributed by atoms with van der Waals surface area (Å²) in [5, 5.41) is 0.210. The van der Waals surface area contributed by atoms with Crippen molar-refractivity contribution in [2.75, 3.05) is 13.2 Å². The highest BCUT2D eigenvalue weighted by Gasteiger charge is 2.40. The van der Waals surface area contributed by atoms with Crippen LogP contribution in [0.1, 0.15) is 34.9 Å². The molecule has 33 heavy (non-hydrogen) atoms. The lowest BCUT2D eigenvalue weighted by Gasteiger charge is -2.19. The van der Waals surface area contributed by atoms with Gasteiger partial charge in [0.1, 0.15) is 31.1 Å². The predicted octanol–water partition coefficient (Wildman–Crippen LogP) is 2.87. The Hall–Kier alpha value is -2.94. The third kappa shape index (κ3) is 5.71.